The molecule has 2 nitrogen and oxygen atoms in total. The first-order valence-corrected chi connectivity index (χ1v) is 6.93. The predicted molar refractivity (Wildman–Crippen MR) is 74.2 cm³/mol. The minimum absolute atomic E-state index is 0.00707. The second-order valence-corrected chi connectivity index (χ2v) is 6.62. The highest BCUT2D eigenvalue weighted by molar-refractivity contribution is 4.76. The molecule has 0 aliphatic heterocycles. The first kappa shape index (κ1) is 16.9. The van der Waals surface area contributed by atoms with Gasteiger partial charge in [-0.05, 0) is 43.9 Å². The predicted octanol–water partition coefficient (Wildman–Crippen LogP) is 4.01. The Balaban J connectivity index is 3.87. The van der Waals surface area contributed by atoms with Gasteiger partial charge in [-0.1, -0.05) is 34.6 Å². The van der Waals surface area contributed by atoms with Gasteiger partial charge >= 0.3 is 0 Å². The summed E-state index contributed by atoms with van der Waals surface area (Å²) in [6.45, 7) is 15.7. The molecular formula is C15H32O2. The monoisotopic (exact) mass is 244 g/mol. The van der Waals surface area contributed by atoms with E-state index in [4.69, 9.17) is 4.74 Å². The summed E-state index contributed by atoms with van der Waals surface area (Å²) in [6, 6.07) is 0. The van der Waals surface area contributed by atoms with Crippen molar-refractivity contribution in [3.63, 3.8) is 0 Å². The van der Waals surface area contributed by atoms with E-state index in [0.29, 0.717) is 6.10 Å². The number of aliphatic hydroxyl groups is 1. The lowest BCUT2D eigenvalue weighted by atomic mass is 9.83. The van der Waals surface area contributed by atoms with Crippen molar-refractivity contribution in [2.24, 2.45) is 10.8 Å². The van der Waals surface area contributed by atoms with Crippen molar-refractivity contribution >= 4 is 0 Å². The molecule has 0 aliphatic carbocycles. The Hall–Kier alpha value is -0.0800. The molecule has 0 saturated heterocycles. The molecule has 104 valence electrons. The van der Waals surface area contributed by atoms with Crippen LogP contribution >= 0.6 is 0 Å². The summed E-state index contributed by atoms with van der Waals surface area (Å²) in [4.78, 5) is 0. The molecule has 0 amide bonds. The Morgan fingerprint density at radius 3 is 2.00 bits per heavy atom. The first-order chi connectivity index (χ1) is 7.63. The lowest BCUT2D eigenvalue weighted by Gasteiger charge is -2.31. The average molecular weight is 244 g/mol. The lowest BCUT2D eigenvalue weighted by molar-refractivity contribution is -0.0230. The van der Waals surface area contributed by atoms with Crippen molar-refractivity contribution in [1.82, 2.24) is 0 Å². The second kappa shape index (κ2) is 6.75. The van der Waals surface area contributed by atoms with Crippen LogP contribution in [0.5, 0.6) is 0 Å². The van der Waals surface area contributed by atoms with E-state index in [1.807, 2.05) is 6.92 Å². The molecule has 17 heavy (non-hydrogen) atoms. The summed E-state index contributed by atoms with van der Waals surface area (Å²) >= 11 is 0. The SMILES string of the molecule is CCC(C)(C)C(C)OCCCC(C)(C)C(C)O. The van der Waals surface area contributed by atoms with Gasteiger partial charge in [-0.25, -0.2) is 0 Å². The molecule has 0 fully saturated rings. The van der Waals surface area contributed by atoms with Gasteiger partial charge in [0.25, 0.3) is 0 Å². The molecule has 0 aromatic rings. The maximum Gasteiger partial charge on any atom is 0.0597 e. The van der Waals surface area contributed by atoms with Crippen molar-refractivity contribution in [2.75, 3.05) is 6.61 Å². The van der Waals surface area contributed by atoms with Gasteiger partial charge in [0.05, 0.1) is 12.2 Å². The van der Waals surface area contributed by atoms with Crippen molar-refractivity contribution in [2.45, 2.75) is 79.9 Å². The average Bonchev–Trinajstić information content (AvgIpc) is 2.23. The zero-order valence-corrected chi connectivity index (χ0v) is 12.8. The van der Waals surface area contributed by atoms with Gasteiger partial charge in [0.15, 0.2) is 0 Å². The molecule has 2 atom stereocenters. The van der Waals surface area contributed by atoms with Gasteiger partial charge in [0, 0.05) is 6.61 Å². The van der Waals surface area contributed by atoms with E-state index >= 15 is 0 Å². The third-order valence-electron chi connectivity index (χ3n) is 4.48. The summed E-state index contributed by atoms with van der Waals surface area (Å²) in [5.74, 6) is 0. The van der Waals surface area contributed by atoms with Crippen LogP contribution < -0.4 is 0 Å². The minimum atomic E-state index is -0.257. The third kappa shape index (κ3) is 5.87. The van der Waals surface area contributed by atoms with E-state index in [2.05, 4.69) is 41.5 Å². The van der Waals surface area contributed by atoms with Crippen LogP contribution in [0.4, 0.5) is 0 Å². The van der Waals surface area contributed by atoms with Crippen LogP contribution in [0.25, 0.3) is 0 Å². The van der Waals surface area contributed by atoms with E-state index in [1.165, 1.54) is 0 Å². The summed E-state index contributed by atoms with van der Waals surface area (Å²) in [5, 5.41) is 9.62. The summed E-state index contributed by atoms with van der Waals surface area (Å²) < 4.78 is 5.89. The van der Waals surface area contributed by atoms with Gasteiger partial charge in [-0.3, -0.25) is 0 Å². The standard InChI is InChI=1S/C15H32O2/c1-8-14(4,5)13(3)17-11-9-10-15(6,7)12(2)16/h12-13,16H,8-11H2,1-7H3. The van der Waals surface area contributed by atoms with Gasteiger partial charge in [0.2, 0.25) is 0 Å². The van der Waals surface area contributed by atoms with Crippen LogP contribution in [0, 0.1) is 10.8 Å². The van der Waals surface area contributed by atoms with Gasteiger partial charge in [0.1, 0.15) is 0 Å². The molecule has 0 bridgehead atoms. The van der Waals surface area contributed by atoms with E-state index < -0.39 is 0 Å². The number of ether oxygens (including phenoxy) is 1. The van der Waals surface area contributed by atoms with Gasteiger partial charge < -0.3 is 9.84 Å². The zero-order valence-electron chi connectivity index (χ0n) is 12.8. The Morgan fingerprint density at radius 1 is 1.06 bits per heavy atom. The van der Waals surface area contributed by atoms with Gasteiger partial charge in [-0.2, -0.15) is 0 Å². The molecule has 0 aromatic heterocycles. The zero-order chi connectivity index (χ0) is 13.7. The number of hydrogen-bond acceptors (Lipinski definition) is 2. The molecule has 0 heterocycles. The minimum Gasteiger partial charge on any atom is -0.393 e. The van der Waals surface area contributed by atoms with Crippen molar-refractivity contribution in [3.05, 3.63) is 0 Å². The van der Waals surface area contributed by atoms with Crippen LogP contribution in [-0.4, -0.2) is 23.9 Å². The molecule has 0 aromatic carbocycles. The summed E-state index contributed by atoms with van der Waals surface area (Å²) in [6.07, 6.45) is 3.19. The molecule has 0 spiro atoms. The fourth-order valence-corrected chi connectivity index (χ4v) is 1.51. The fourth-order valence-electron chi connectivity index (χ4n) is 1.51. The van der Waals surface area contributed by atoms with Crippen LogP contribution in [-0.2, 0) is 4.74 Å². The number of hydrogen-bond donors (Lipinski definition) is 1. The maximum absolute atomic E-state index is 9.62. The Labute approximate surface area is 108 Å². The first-order valence-electron chi connectivity index (χ1n) is 6.93. The largest absolute Gasteiger partial charge is 0.393 e. The van der Waals surface area contributed by atoms with E-state index in [-0.39, 0.29) is 16.9 Å². The van der Waals surface area contributed by atoms with Gasteiger partial charge in [-0.15, -0.1) is 0 Å². The van der Waals surface area contributed by atoms with Crippen LogP contribution in [0.3, 0.4) is 0 Å². The normalized spacial score (nSPS) is 16.9. The molecular weight excluding hydrogens is 212 g/mol. The molecule has 0 radical (unpaired) electrons. The summed E-state index contributed by atoms with van der Waals surface area (Å²) in [5.41, 5.74) is 0.243. The van der Waals surface area contributed by atoms with E-state index in [9.17, 15) is 5.11 Å². The highest BCUT2D eigenvalue weighted by atomic mass is 16.5. The molecule has 1 N–H and O–H groups in total. The fraction of sp³-hybridized carbons (Fsp3) is 1.00. The van der Waals surface area contributed by atoms with Crippen molar-refractivity contribution in [1.29, 1.82) is 0 Å². The third-order valence-corrected chi connectivity index (χ3v) is 4.48. The highest BCUT2D eigenvalue weighted by Gasteiger charge is 2.26. The molecule has 0 rings (SSSR count). The molecule has 0 aliphatic rings. The number of rotatable bonds is 8. The lowest BCUT2D eigenvalue weighted by Crippen LogP contribution is -2.30. The van der Waals surface area contributed by atoms with Crippen molar-refractivity contribution < 1.29 is 9.84 Å². The maximum atomic E-state index is 9.62. The molecule has 0 saturated carbocycles. The van der Waals surface area contributed by atoms with E-state index in [1.54, 1.807) is 0 Å². The van der Waals surface area contributed by atoms with Crippen molar-refractivity contribution in [3.8, 4) is 0 Å². The van der Waals surface area contributed by atoms with Crippen LogP contribution in [0.1, 0.15) is 67.7 Å². The smallest absolute Gasteiger partial charge is 0.0597 e. The van der Waals surface area contributed by atoms with Crippen LogP contribution in [0.15, 0.2) is 0 Å². The molecule has 2 unspecified atom stereocenters. The summed E-state index contributed by atoms with van der Waals surface area (Å²) in [7, 11) is 0. The van der Waals surface area contributed by atoms with E-state index in [0.717, 1.165) is 25.9 Å². The second-order valence-electron chi connectivity index (χ2n) is 6.62. The Kier molecular flexibility index (Phi) is 6.71. The highest BCUT2D eigenvalue weighted by Crippen LogP contribution is 2.29. The topological polar surface area (TPSA) is 29.5 Å². The van der Waals surface area contributed by atoms with Crippen LogP contribution in [0.2, 0.25) is 0 Å². The number of aliphatic hydroxyl groups excluding tert-OH is 1. The Morgan fingerprint density at radius 2 is 1.59 bits per heavy atom. The quantitative estimate of drug-likeness (QED) is 0.654. The Bertz CT molecular complexity index is 207. The molecule has 2 heteroatoms.